The fourth-order valence-electron chi connectivity index (χ4n) is 3.84. The van der Waals surface area contributed by atoms with E-state index < -0.39 is 0 Å². The van der Waals surface area contributed by atoms with Crippen LogP contribution in [0.5, 0.6) is 11.5 Å². The largest absolute Gasteiger partial charge is 0.485 e. The van der Waals surface area contributed by atoms with Crippen LogP contribution in [-0.2, 0) is 22.6 Å². The highest BCUT2D eigenvalue weighted by Gasteiger charge is 2.29. The number of rotatable bonds is 9. The molecule has 0 bridgehead atoms. The highest BCUT2D eigenvalue weighted by molar-refractivity contribution is 6.04. The summed E-state index contributed by atoms with van der Waals surface area (Å²) in [6.45, 7) is 2.04. The molecule has 1 aliphatic heterocycles. The average molecular weight is 473 g/mol. The molecule has 3 aromatic rings. The molecule has 180 valence electrons. The van der Waals surface area contributed by atoms with Crippen LogP contribution in [0.15, 0.2) is 72.8 Å². The second kappa shape index (κ2) is 10.9. The summed E-state index contributed by atoms with van der Waals surface area (Å²) >= 11 is 0. The van der Waals surface area contributed by atoms with Crippen LogP contribution in [0, 0.1) is 0 Å². The Labute approximate surface area is 204 Å². The lowest BCUT2D eigenvalue weighted by molar-refractivity contribution is -0.131. The predicted molar refractivity (Wildman–Crippen MR) is 133 cm³/mol. The molecule has 0 unspecified atom stereocenters. The molecule has 0 N–H and O–H groups in total. The summed E-state index contributed by atoms with van der Waals surface area (Å²) < 4.78 is 11.2. The second-order valence-electron chi connectivity index (χ2n) is 8.40. The first-order valence-corrected chi connectivity index (χ1v) is 11.5. The molecular formula is C28H28N2O5. The smallest absolute Gasteiger partial charge is 0.265 e. The first-order valence-electron chi connectivity index (χ1n) is 11.5. The fourth-order valence-corrected chi connectivity index (χ4v) is 3.84. The summed E-state index contributed by atoms with van der Waals surface area (Å²) in [4.78, 5) is 41.3. The number of amides is 2. The van der Waals surface area contributed by atoms with Crippen molar-refractivity contribution in [3.05, 3.63) is 89.5 Å². The van der Waals surface area contributed by atoms with Crippen molar-refractivity contribution in [1.29, 1.82) is 0 Å². The lowest BCUT2D eigenvalue weighted by Gasteiger charge is -2.30. The van der Waals surface area contributed by atoms with Gasteiger partial charge in [-0.2, -0.15) is 0 Å². The maximum atomic E-state index is 12.9. The van der Waals surface area contributed by atoms with Crippen LogP contribution >= 0.6 is 0 Å². The topological polar surface area (TPSA) is 76.2 Å². The van der Waals surface area contributed by atoms with Gasteiger partial charge in [-0.1, -0.05) is 49.4 Å². The molecule has 7 nitrogen and oxygen atoms in total. The van der Waals surface area contributed by atoms with Crippen LogP contribution in [0.3, 0.4) is 0 Å². The van der Waals surface area contributed by atoms with Crippen LogP contribution < -0.4 is 14.4 Å². The van der Waals surface area contributed by atoms with Crippen molar-refractivity contribution in [2.45, 2.75) is 19.9 Å². The van der Waals surface area contributed by atoms with E-state index in [-0.39, 0.29) is 37.4 Å². The highest BCUT2D eigenvalue weighted by Crippen LogP contribution is 2.33. The van der Waals surface area contributed by atoms with E-state index in [1.54, 1.807) is 30.1 Å². The normalized spacial score (nSPS) is 12.5. The SMILES string of the molecule is CCc1cccc(OCC(=O)c2ccc3c(c2)N(CC(=O)N(C)Cc2ccccc2)C(=O)CO3)c1. The number of aryl methyl sites for hydroxylation is 1. The van der Waals surface area contributed by atoms with Gasteiger partial charge in [0.2, 0.25) is 5.91 Å². The molecule has 0 saturated heterocycles. The van der Waals surface area contributed by atoms with Crippen molar-refractivity contribution in [1.82, 2.24) is 4.90 Å². The van der Waals surface area contributed by atoms with Crippen LogP contribution in [0.25, 0.3) is 0 Å². The van der Waals surface area contributed by atoms with Gasteiger partial charge in [0.15, 0.2) is 19.0 Å². The Kier molecular flexibility index (Phi) is 7.45. The Bertz CT molecular complexity index is 1230. The van der Waals surface area contributed by atoms with Crippen molar-refractivity contribution >= 4 is 23.3 Å². The van der Waals surface area contributed by atoms with Gasteiger partial charge in [0.1, 0.15) is 18.0 Å². The molecule has 0 spiro atoms. The molecule has 0 saturated carbocycles. The van der Waals surface area contributed by atoms with Gasteiger partial charge in [-0.15, -0.1) is 0 Å². The van der Waals surface area contributed by atoms with Crippen molar-refractivity contribution in [3.63, 3.8) is 0 Å². The van der Waals surface area contributed by atoms with E-state index in [2.05, 4.69) is 6.92 Å². The van der Waals surface area contributed by atoms with Crippen molar-refractivity contribution in [2.24, 2.45) is 0 Å². The van der Waals surface area contributed by atoms with Gasteiger partial charge >= 0.3 is 0 Å². The molecule has 1 aliphatic rings. The van der Waals surface area contributed by atoms with Crippen LogP contribution in [0.1, 0.15) is 28.4 Å². The molecule has 4 rings (SSSR count). The number of ketones is 1. The monoisotopic (exact) mass is 472 g/mol. The quantitative estimate of drug-likeness (QED) is 0.442. The molecule has 1 heterocycles. The minimum absolute atomic E-state index is 0.139. The summed E-state index contributed by atoms with van der Waals surface area (Å²) in [5, 5.41) is 0. The van der Waals surface area contributed by atoms with Crippen LogP contribution in [0.2, 0.25) is 0 Å². The molecule has 35 heavy (non-hydrogen) atoms. The van der Waals surface area contributed by atoms with Gasteiger partial charge in [0, 0.05) is 19.2 Å². The van der Waals surface area contributed by atoms with E-state index in [4.69, 9.17) is 9.47 Å². The zero-order chi connectivity index (χ0) is 24.8. The number of carbonyl (C=O) groups is 3. The number of benzene rings is 3. The Balaban J connectivity index is 1.46. The molecule has 0 aliphatic carbocycles. The molecular weight excluding hydrogens is 444 g/mol. The summed E-state index contributed by atoms with van der Waals surface area (Å²) in [5.41, 5.74) is 2.90. The van der Waals surface area contributed by atoms with E-state index in [0.717, 1.165) is 17.5 Å². The third kappa shape index (κ3) is 5.87. The number of likely N-dealkylation sites (N-methyl/N-ethyl adjacent to an activating group) is 1. The number of anilines is 1. The summed E-state index contributed by atoms with van der Waals surface area (Å²) in [7, 11) is 1.70. The van der Waals surface area contributed by atoms with Crippen molar-refractivity contribution < 1.29 is 23.9 Å². The first-order chi connectivity index (χ1) is 16.9. The van der Waals surface area contributed by atoms with E-state index in [9.17, 15) is 14.4 Å². The summed E-state index contributed by atoms with van der Waals surface area (Å²) in [6.07, 6.45) is 0.874. The minimum atomic E-state index is -0.337. The summed E-state index contributed by atoms with van der Waals surface area (Å²) in [5.74, 6) is 0.293. The van der Waals surface area contributed by atoms with Gasteiger partial charge < -0.3 is 14.4 Å². The number of Topliss-reactive ketones (excluding diaryl/α,β-unsaturated/α-hetero) is 1. The third-order valence-electron chi connectivity index (χ3n) is 5.88. The maximum Gasteiger partial charge on any atom is 0.265 e. The molecule has 0 atom stereocenters. The fraction of sp³-hybridized carbons (Fsp3) is 0.250. The zero-order valence-electron chi connectivity index (χ0n) is 19.9. The molecule has 7 heteroatoms. The van der Waals surface area contributed by atoms with Crippen molar-refractivity contribution in [3.8, 4) is 11.5 Å². The summed E-state index contributed by atoms with van der Waals surface area (Å²) in [6, 6.07) is 22.1. The number of carbonyl (C=O) groups excluding carboxylic acids is 3. The Morgan fingerprint density at radius 3 is 2.54 bits per heavy atom. The van der Waals surface area contributed by atoms with E-state index in [1.807, 2.05) is 54.6 Å². The zero-order valence-corrected chi connectivity index (χ0v) is 19.9. The van der Waals surface area contributed by atoms with E-state index in [0.29, 0.717) is 29.3 Å². The van der Waals surface area contributed by atoms with Gasteiger partial charge in [0.05, 0.1) is 5.69 Å². The van der Waals surface area contributed by atoms with Gasteiger partial charge in [-0.05, 0) is 47.9 Å². The highest BCUT2D eigenvalue weighted by atomic mass is 16.5. The van der Waals surface area contributed by atoms with Crippen molar-refractivity contribution in [2.75, 3.05) is 31.7 Å². The van der Waals surface area contributed by atoms with Gasteiger partial charge in [-0.3, -0.25) is 19.3 Å². The first kappa shape index (κ1) is 24.0. The molecule has 0 radical (unpaired) electrons. The molecule has 0 aromatic heterocycles. The molecule has 0 fully saturated rings. The number of ether oxygens (including phenoxy) is 2. The lowest BCUT2D eigenvalue weighted by Crippen LogP contribution is -2.45. The average Bonchev–Trinajstić information content (AvgIpc) is 2.89. The number of fused-ring (bicyclic) bond motifs is 1. The van der Waals surface area contributed by atoms with Crippen LogP contribution in [0.4, 0.5) is 5.69 Å². The molecule has 2 amide bonds. The Morgan fingerprint density at radius 1 is 1.00 bits per heavy atom. The van der Waals surface area contributed by atoms with E-state index in [1.165, 1.54) is 4.90 Å². The minimum Gasteiger partial charge on any atom is -0.485 e. The number of hydrogen-bond donors (Lipinski definition) is 0. The standard InChI is InChI=1S/C28H28N2O5/c1-3-20-10-7-11-23(14-20)34-18-25(31)22-12-13-26-24(15-22)30(28(33)19-35-26)17-27(32)29(2)16-21-8-5-4-6-9-21/h4-15H,3,16-19H2,1-2H3. The van der Waals surface area contributed by atoms with E-state index >= 15 is 0 Å². The second-order valence-corrected chi connectivity index (χ2v) is 8.40. The molecule has 3 aromatic carbocycles. The van der Waals surface area contributed by atoms with Crippen LogP contribution in [-0.4, -0.2) is 49.3 Å². The Hall–Kier alpha value is -4.13. The Morgan fingerprint density at radius 2 is 1.77 bits per heavy atom. The number of nitrogens with zero attached hydrogens (tertiary/aromatic N) is 2. The third-order valence-corrected chi connectivity index (χ3v) is 5.88. The van der Waals surface area contributed by atoms with Gasteiger partial charge in [0.25, 0.3) is 5.91 Å². The predicted octanol–water partition coefficient (Wildman–Crippen LogP) is 3.89. The number of hydrogen-bond acceptors (Lipinski definition) is 5. The maximum absolute atomic E-state index is 12.9. The lowest BCUT2D eigenvalue weighted by atomic mass is 10.1. The van der Waals surface area contributed by atoms with Gasteiger partial charge in [-0.25, -0.2) is 0 Å².